The van der Waals surface area contributed by atoms with Crippen LogP contribution in [-0.4, -0.2) is 80.8 Å². The molecule has 0 fully saturated rings. The lowest BCUT2D eigenvalue weighted by Gasteiger charge is -2.31. The zero-order valence-electron chi connectivity index (χ0n) is 23.6. The van der Waals surface area contributed by atoms with E-state index in [1.165, 1.54) is 9.80 Å². The SMILES string of the molecule is CC(C)(C)OC(=O)NCCN(CCN(C(=O)OC(C)(C)C)c1ccn2ncc(Br)c2n1)C(=O)OC(C)(C)C. The van der Waals surface area contributed by atoms with E-state index in [0.717, 1.165) is 0 Å². The fourth-order valence-corrected chi connectivity index (χ4v) is 3.41. The van der Waals surface area contributed by atoms with Gasteiger partial charge >= 0.3 is 18.3 Å². The highest BCUT2D eigenvalue weighted by molar-refractivity contribution is 9.10. The van der Waals surface area contributed by atoms with Crippen LogP contribution in [0.1, 0.15) is 62.3 Å². The first-order valence-corrected chi connectivity index (χ1v) is 13.1. The molecule has 0 atom stereocenters. The minimum absolute atomic E-state index is 0.0511. The minimum Gasteiger partial charge on any atom is -0.444 e. The van der Waals surface area contributed by atoms with Crippen LogP contribution >= 0.6 is 15.9 Å². The second kappa shape index (κ2) is 12.2. The quantitative estimate of drug-likeness (QED) is 0.441. The Kier molecular flexibility index (Phi) is 9.98. The average Bonchev–Trinajstić information content (AvgIpc) is 3.09. The Hall–Kier alpha value is -3.09. The van der Waals surface area contributed by atoms with Crippen molar-refractivity contribution in [3.8, 4) is 0 Å². The molecule has 13 heteroatoms. The van der Waals surface area contributed by atoms with Gasteiger partial charge in [0.25, 0.3) is 0 Å². The van der Waals surface area contributed by atoms with Crippen molar-refractivity contribution in [2.75, 3.05) is 31.1 Å². The van der Waals surface area contributed by atoms with Crippen molar-refractivity contribution in [1.82, 2.24) is 24.8 Å². The van der Waals surface area contributed by atoms with Crippen LogP contribution < -0.4 is 10.2 Å². The van der Waals surface area contributed by atoms with Crippen molar-refractivity contribution >= 4 is 45.7 Å². The first kappa shape index (κ1) is 31.1. The zero-order valence-corrected chi connectivity index (χ0v) is 25.2. The van der Waals surface area contributed by atoms with E-state index in [4.69, 9.17) is 14.2 Å². The number of hydrogen-bond donors (Lipinski definition) is 1. The second-order valence-electron chi connectivity index (χ2n) is 11.6. The fourth-order valence-electron chi connectivity index (χ4n) is 3.05. The second-order valence-corrected chi connectivity index (χ2v) is 12.4. The molecular formula is C25H39BrN6O6. The van der Waals surface area contributed by atoms with Crippen LogP contribution in [0.4, 0.5) is 20.2 Å². The van der Waals surface area contributed by atoms with Crippen LogP contribution in [-0.2, 0) is 14.2 Å². The van der Waals surface area contributed by atoms with Gasteiger partial charge in [0.05, 0.1) is 10.7 Å². The topological polar surface area (TPSA) is 128 Å². The van der Waals surface area contributed by atoms with Gasteiger partial charge in [-0.15, -0.1) is 0 Å². The van der Waals surface area contributed by atoms with Crippen molar-refractivity contribution in [3.63, 3.8) is 0 Å². The van der Waals surface area contributed by atoms with Crippen molar-refractivity contribution in [1.29, 1.82) is 0 Å². The summed E-state index contributed by atoms with van der Waals surface area (Å²) >= 11 is 3.41. The number of carbonyl (C=O) groups excluding carboxylic acids is 3. The molecule has 0 aromatic carbocycles. The van der Waals surface area contributed by atoms with Crippen molar-refractivity contribution in [3.05, 3.63) is 22.9 Å². The molecule has 1 N–H and O–H groups in total. The Balaban J connectivity index is 2.25. The normalized spacial score (nSPS) is 12.2. The Labute approximate surface area is 232 Å². The first-order chi connectivity index (χ1) is 17.3. The molecule has 12 nitrogen and oxygen atoms in total. The molecule has 0 saturated heterocycles. The van der Waals surface area contributed by atoms with E-state index < -0.39 is 35.1 Å². The van der Waals surface area contributed by atoms with E-state index in [1.54, 1.807) is 85.3 Å². The molecule has 0 saturated carbocycles. The summed E-state index contributed by atoms with van der Waals surface area (Å²) in [6.45, 7) is 16.2. The largest absolute Gasteiger partial charge is 0.444 e. The van der Waals surface area contributed by atoms with Gasteiger partial charge in [0, 0.05) is 32.4 Å². The molecule has 38 heavy (non-hydrogen) atoms. The molecule has 0 unspecified atom stereocenters. The molecule has 212 valence electrons. The van der Waals surface area contributed by atoms with Gasteiger partial charge in [-0.1, -0.05) is 0 Å². The summed E-state index contributed by atoms with van der Waals surface area (Å²) < 4.78 is 18.7. The van der Waals surface area contributed by atoms with Crippen LogP contribution in [0.2, 0.25) is 0 Å². The molecule has 3 amide bonds. The third kappa shape index (κ3) is 10.3. The number of nitrogens with zero attached hydrogens (tertiary/aromatic N) is 5. The number of fused-ring (bicyclic) bond motifs is 1. The minimum atomic E-state index is -0.751. The molecule has 0 aliphatic heterocycles. The molecule has 2 heterocycles. The lowest BCUT2D eigenvalue weighted by atomic mass is 10.2. The number of hydrogen-bond acceptors (Lipinski definition) is 8. The maximum Gasteiger partial charge on any atom is 0.416 e. The summed E-state index contributed by atoms with van der Waals surface area (Å²) in [5, 5.41) is 6.82. The maximum absolute atomic E-state index is 13.2. The summed E-state index contributed by atoms with van der Waals surface area (Å²) in [4.78, 5) is 45.6. The van der Waals surface area contributed by atoms with Gasteiger partial charge in [-0.05, 0) is 84.3 Å². The van der Waals surface area contributed by atoms with E-state index in [9.17, 15) is 14.4 Å². The van der Waals surface area contributed by atoms with Gasteiger partial charge in [0.1, 0.15) is 22.6 Å². The predicted octanol–water partition coefficient (Wildman–Crippen LogP) is 5.00. The summed E-state index contributed by atoms with van der Waals surface area (Å²) in [7, 11) is 0. The number of anilines is 1. The molecular weight excluding hydrogens is 560 g/mol. The Bertz CT molecular complexity index is 1130. The molecule has 0 radical (unpaired) electrons. The predicted molar refractivity (Wildman–Crippen MR) is 146 cm³/mol. The van der Waals surface area contributed by atoms with Gasteiger partial charge in [-0.2, -0.15) is 5.10 Å². The van der Waals surface area contributed by atoms with E-state index >= 15 is 0 Å². The summed E-state index contributed by atoms with van der Waals surface area (Å²) in [5.41, 5.74) is -1.62. The number of aromatic nitrogens is 3. The van der Waals surface area contributed by atoms with E-state index in [1.807, 2.05) is 0 Å². The molecule has 2 rings (SSSR count). The van der Waals surface area contributed by atoms with Crippen LogP contribution in [0.3, 0.4) is 0 Å². The number of amides is 3. The smallest absolute Gasteiger partial charge is 0.416 e. The van der Waals surface area contributed by atoms with Crippen LogP contribution in [0.5, 0.6) is 0 Å². The highest BCUT2D eigenvalue weighted by atomic mass is 79.9. The summed E-state index contributed by atoms with van der Waals surface area (Å²) in [6.07, 6.45) is 1.47. The lowest BCUT2D eigenvalue weighted by molar-refractivity contribution is 0.0239. The van der Waals surface area contributed by atoms with Crippen LogP contribution in [0.25, 0.3) is 5.65 Å². The van der Waals surface area contributed by atoms with Gasteiger partial charge in [-0.25, -0.2) is 23.9 Å². The standard InChI is InChI=1S/C25H39BrN6O6/c1-23(2,3)36-20(33)27-11-13-30(21(34)37-24(4,5)6)14-15-31(22(35)38-25(7,8)9)18-10-12-32-19(29-18)17(26)16-28-32/h10,12,16H,11,13-15H2,1-9H3,(H,27,33). The molecule has 2 aromatic heterocycles. The molecule has 0 bridgehead atoms. The monoisotopic (exact) mass is 598 g/mol. The highest BCUT2D eigenvalue weighted by Gasteiger charge is 2.28. The van der Waals surface area contributed by atoms with Gasteiger partial charge < -0.3 is 24.4 Å². The third-order valence-electron chi connectivity index (χ3n) is 4.50. The van der Waals surface area contributed by atoms with Crippen molar-refractivity contribution < 1.29 is 28.6 Å². The Morgan fingerprint density at radius 1 is 0.895 bits per heavy atom. The molecule has 0 spiro atoms. The zero-order chi connectivity index (χ0) is 28.9. The van der Waals surface area contributed by atoms with Crippen LogP contribution in [0.15, 0.2) is 22.9 Å². The number of alkyl carbamates (subject to hydrolysis) is 1. The van der Waals surface area contributed by atoms with Gasteiger partial charge in [0.2, 0.25) is 0 Å². The molecule has 0 aliphatic rings. The first-order valence-electron chi connectivity index (χ1n) is 12.3. The van der Waals surface area contributed by atoms with Crippen molar-refractivity contribution in [2.24, 2.45) is 0 Å². The van der Waals surface area contributed by atoms with Gasteiger partial charge in [0.15, 0.2) is 5.65 Å². The summed E-state index contributed by atoms with van der Waals surface area (Å²) in [5.74, 6) is 0.323. The lowest BCUT2D eigenvalue weighted by Crippen LogP contribution is -2.47. The van der Waals surface area contributed by atoms with E-state index in [2.05, 4.69) is 31.3 Å². The van der Waals surface area contributed by atoms with Gasteiger partial charge in [-0.3, -0.25) is 4.90 Å². The van der Waals surface area contributed by atoms with Crippen molar-refractivity contribution in [2.45, 2.75) is 79.1 Å². The highest BCUT2D eigenvalue weighted by Crippen LogP contribution is 2.21. The van der Waals surface area contributed by atoms with E-state index in [-0.39, 0.29) is 26.2 Å². The number of ether oxygens (including phenoxy) is 3. The van der Waals surface area contributed by atoms with Crippen LogP contribution in [0, 0.1) is 0 Å². The summed E-state index contributed by atoms with van der Waals surface area (Å²) in [6, 6.07) is 1.64. The number of carbonyl (C=O) groups is 3. The number of nitrogens with one attached hydrogen (secondary N) is 1. The van der Waals surface area contributed by atoms with E-state index in [0.29, 0.717) is 15.9 Å². The number of rotatable bonds is 7. The average molecular weight is 600 g/mol. The maximum atomic E-state index is 13.2. The molecule has 2 aromatic rings. The fraction of sp³-hybridized carbons (Fsp3) is 0.640. The number of halogens is 1. The third-order valence-corrected chi connectivity index (χ3v) is 5.06. The Morgan fingerprint density at radius 2 is 1.47 bits per heavy atom. The Morgan fingerprint density at radius 3 is 2.05 bits per heavy atom. The molecule has 0 aliphatic carbocycles.